The maximum Gasteiger partial charge on any atom is 0.290 e. The van der Waals surface area contributed by atoms with Gasteiger partial charge in [-0.05, 0) is 30.7 Å². The molecule has 2 aromatic carbocycles. The van der Waals surface area contributed by atoms with Gasteiger partial charge in [-0.3, -0.25) is 9.59 Å². The first-order valence-corrected chi connectivity index (χ1v) is 9.80. The van der Waals surface area contributed by atoms with Crippen molar-refractivity contribution in [2.24, 2.45) is 5.92 Å². The van der Waals surface area contributed by atoms with Gasteiger partial charge < -0.3 is 15.1 Å². The molecular weight excluding hydrogens is 350 g/mol. The van der Waals surface area contributed by atoms with Crippen molar-refractivity contribution >= 4 is 23.1 Å². The number of nitrogens with zero attached hydrogens (tertiary/aromatic N) is 2. The Kier molecular flexibility index (Phi) is 5.15. The lowest BCUT2D eigenvalue weighted by atomic mass is 9.97. The van der Waals surface area contributed by atoms with Crippen LogP contribution in [-0.2, 0) is 9.59 Å². The molecule has 144 valence electrons. The van der Waals surface area contributed by atoms with E-state index in [2.05, 4.69) is 22.3 Å². The van der Waals surface area contributed by atoms with Crippen LogP contribution in [0.4, 0.5) is 5.69 Å². The second kappa shape index (κ2) is 7.89. The zero-order valence-electron chi connectivity index (χ0n) is 16.0. The Morgan fingerprint density at radius 1 is 0.893 bits per heavy atom. The predicted molar refractivity (Wildman–Crippen MR) is 111 cm³/mol. The third kappa shape index (κ3) is 3.65. The van der Waals surface area contributed by atoms with E-state index in [0.717, 1.165) is 30.0 Å². The maximum absolute atomic E-state index is 12.9. The van der Waals surface area contributed by atoms with Gasteiger partial charge in [0, 0.05) is 43.6 Å². The quantitative estimate of drug-likeness (QED) is 0.835. The zero-order valence-corrected chi connectivity index (χ0v) is 16.0. The number of Topliss-reactive ketones (excluding diaryl/α,β-unsaturated/α-hetero) is 1. The van der Waals surface area contributed by atoms with Crippen molar-refractivity contribution in [3.05, 3.63) is 72.3 Å². The van der Waals surface area contributed by atoms with Crippen molar-refractivity contribution < 1.29 is 9.59 Å². The summed E-state index contributed by atoms with van der Waals surface area (Å²) in [4.78, 5) is 29.7. The molecule has 5 nitrogen and oxygen atoms in total. The van der Waals surface area contributed by atoms with Crippen LogP contribution >= 0.6 is 0 Å². The Labute approximate surface area is 165 Å². The highest BCUT2D eigenvalue weighted by atomic mass is 16.2. The largest absolute Gasteiger partial charge is 0.381 e. The number of amides is 1. The van der Waals surface area contributed by atoms with Gasteiger partial charge in [-0.1, -0.05) is 48.5 Å². The molecule has 2 unspecified atom stereocenters. The fraction of sp³-hybridized carbons (Fsp3) is 0.304. The molecule has 0 saturated carbocycles. The zero-order chi connectivity index (χ0) is 19.5. The number of carbonyl (C=O) groups is 2. The number of para-hydroxylation sites is 1. The van der Waals surface area contributed by atoms with Crippen LogP contribution in [0.2, 0.25) is 0 Å². The molecule has 2 heterocycles. The molecule has 2 atom stereocenters. The normalized spacial score (nSPS) is 21.8. The van der Waals surface area contributed by atoms with E-state index in [1.165, 1.54) is 0 Å². The average Bonchev–Trinajstić information content (AvgIpc) is 3.16. The van der Waals surface area contributed by atoms with E-state index in [4.69, 9.17) is 0 Å². The Morgan fingerprint density at radius 3 is 2.14 bits per heavy atom. The van der Waals surface area contributed by atoms with Crippen LogP contribution in [0.15, 0.2) is 66.7 Å². The minimum Gasteiger partial charge on any atom is -0.381 e. The molecule has 1 amide bonds. The van der Waals surface area contributed by atoms with Crippen LogP contribution in [0.3, 0.4) is 0 Å². The monoisotopic (exact) mass is 375 g/mol. The number of anilines is 1. The first-order valence-electron chi connectivity index (χ1n) is 9.80. The Balaban J connectivity index is 1.40. The standard InChI is InChI=1S/C23H25N3O2/c1-17-20(16-21(24-17)18-8-4-2-5-9-18)22(27)23(28)26-14-12-25(13-15-26)19-10-6-3-7-11-19/h2-11,16-17,20,24H,12-15H2,1H3. The number of ketones is 1. The molecule has 1 fully saturated rings. The Bertz CT molecular complexity index is 871. The highest BCUT2D eigenvalue weighted by Gasteiger charge is 2.36. The van der Waals surface area contributed by atoms with Crippen molar-refractivity contribution in [3.63, 3.8) is 0 Å². The summed E-state index contributed by atoms with van der Waals surface area (Å²) >= 11 is 0. The third-order valence-corrected chi connectivity index (χ3v) is 5.55. The second-order valence-electron chi connectivity index (χ2n) is 7.38. The summed E-state index contributed by atoms with van der Waals surface area (Å²) in [6, 6.07) is 20.0. The summed E-state index contributed by atoms with van der Waals surface area (Å²) in [7, 11) is 0. The molecule has 0 bridgehead atoms. The fourth-order valence-electron chi connectivity index (χ4n) is 3.91. The molecule has 28 heavy (non-hydrogen) atoms. The van der Waals surface area contributed by atoms with Crippen LogP contribution in [0.25, 0.3) is 5.70 Å². The van der Waals surface area contributed by atoms with Gasteiger partial charge in [-0.15, -0.1) is 0 Å². The Morgan fingerprint density at radius 2 is 1.50 bits per heavy atom. The summed E-state index contributed by atoms with van der Waals surface area (Å²) < 4.78 is 0. The molecule has 2 aromatic rings. The van der Waals surface area contributed by atoms with E-state index in [0.29, 0.717) is 13.1 Å². The fourth-order valence-corrected chi connectivity index (χ4v) is 3.91. The van der Waals surface area contributed by atoms with E-state index < -0.39 is 5.92 Å². The van der Waals surface area contributed by atoms with Crippen molar-refractivity contribution in [1.82, 2.24) is 10.2 Å². The molecule has 2 aliphatic heterocycles. The van der Waals surface area contributed by atoms with Gasteiger partial charge in [-0.25, -0.2) is 0 Å². The lowest BCUT2D eigenvalue weighted by Crippen LogP contribution is -2.52. The van der Waals surface area contributed by atoms with Crippen LogP contribution in [0.1, 0.15) is 12.5 Å². The summed E-state index contributed by atoms with van der Waals surface area (Å²) in [6.07, 6.45) is 1.90. The molecular formula is C23H25N3O2. The van der Waals surface area contributed by atoms with Crippen molar-refractivity contribution in [2.45, 2.75) is 13.0 Å². The van der Waals surface area contributed by atoms with Gasteiger partial charge in [0.25, 0.3) is 5.91 Å². The summed E-state index contributed by atoms with van der Waals surface area (Å²) in [5.41, 5.74) is 3.12. The van der Waals surface area contributed by atoms with Gasteiger partial charge in [0.2, 0.25) is 5.78 Å². The second-order valence-corrected chi connectivity index (χ2v) is 7.38. The van der Waals surface area contributed by atoms with Gasteiger partial charge >= 0.3 is 0 Å². The third-order valence-electron chi connectivity index (χ3n) is 5.55. The predicted octanol–water partition coefficient (Wildman–Crippen LogP) is 2.55. The van der Waals surface area contributed by atoms with E-state index in [1.807, 2.05) is 61.5 Å². The molecule has 5 heteroatoms. The molecule has 0 aromatic heterocycles. The van der Waals surface area contributed by atoms with Crippen LogP contribution in [0, 0.1) is 5.92 Å². The first-order chi connectivity index (χ1) is 13.6. The van der Waals surface area contributed by atoms with E-state index >= 15 is 0 Å². The number of rotatable bonds is 4. The number of hydrogen-bond donors (Lipinski definition) is 1. The maximum atomic E-state index is 12.9. The van der Waals surface area contributed by atoms with E-state index in [1.54, 1.807) is 4.90 Å². The lowest BCUT2D eigenvalue weighted by Gasteiger charge is -2.36. The van der Waals surface area contributed by atoms with Gasteiger partial charge in [0.05, 0.1) is 5.92 Å². The summed E-state index contributed by atoms with van der Waals surface area (Å²) in [6.45, 7) is 4.58. The first kappa shape index (κ1) is 18.3. The number of carbonyl (C=O) groups excluding carboxylic acids is 2. The highest BCUT2D eigenvalue weighted by Crippen LogP contribution is 2.25. The summed E-state index contributed by atoms with van der Waals surface area (Å²) in [5, 5.41) is 3.35. The molecule has 1 N–H and O–H groups in total. The molecule has 4 rings (SSSR count). The molecule has 0 aliphatic carbocycles. The number of piperazine rings is 1. The number of benzene rings is 2. The number of nitrogens with one attached hydrogen (secondary N) is 1. The number of hydrogen-bond acceptors (Lipinski definition) is 4. The van der Waals surface area contributed by atoms with Gasteiger partial charge in [0.1, 0.15) is 0 Å². The van der Waals surface area contributed by atoms with Crippen LogP contribution < -0.4 is 10.2 Å². The van der Waals surface area contributed by atoms with Crippen LogP contribution in [0.5, 0.6) is 0 Å². The van der Waals surface area contributed by atoms with E-state index in [-0.39, 0.29) is 17.7 Å². The minimum atomic E-state index is -0.421. The minimum absolute atomic E-state index is 0.0859. The van der Waals surface area contributed by atoms with Gasteiger partial charge in [0.15, 0.2) is 0 Å². The molecule has 0 spiro atoms. The molecule has 1 saturated heterocycles. The average molecular weight is 375 g/mol. The summed E-state index contributed by atoms with van der Waals surface area (Å²) in [5.74, 6) is -1.11. The van der Waals surface area contributed by atoms with Crippen LogP contribution in [-0.4, -0.2) is 48.8 Å². The topological polar surface area (TPSA) is 52.7 Å². The van der Waals surface area contributed by atoms with Gasteiger partial charge in [-0.2, -0.15) is 0 Å². The molecule has 2 aliphatic rings. The van der Waals surface area contributed by atoms with Crippen molar-refractivity contribution in [2.75, 3.05) is 31.1 Å². The smallest absolute Gasteiger partial charge is 0.290 e. The lowest BCUT2D eigenvalue weighted by molar-refractivity contribution is -0.146. The Hall–Kier alpha value is -3.08. The van der Waals surface area contributed by atoms with Crippen molar-refractivity contribution in [1.29, 1.82) is 0 Å². The SMILES string of the molecule is CC1NC(c2ccccc2)=CC1C(=O)C(=O)N1CCN(c2ccccc2)CC1. The van der Waals surface area contributed by atoms with E-state index in [9.17, 15) is 9.59 Å². The molecule has 0 radical (unpaired) electrons. The highest BCUT2D eigenvalue weighted by molar-refractivity contribution is 6.37. The van der Waals surface area contributed by atoms with Crippen molar-refractivity contribution in [3.8, 4) is 0 Å².